The maximum absolute atomic E-state index is 12.2. The van der Waals surface area contributed by atoms with Crippen LogP contribution in [0, 0.1) is 5.92 Å². The third-order valence-electron chi connectivity index (χ3n) is 2.65. The first-order chi connectivity index (χ1) is 8.61. The Kier molecular flexibility index (Phi) is 5.12. The molecule has 1 saturated heterocycles. The van der Waals surface area contributed by atoms with Gasteiger partial charge in [-0.3, -0.25) is 4.90 Å². The first kappa shape index (κ1) is 16.1. The van der Waals surface area contributed by atoms with E-state index in [-0.39, 0.29) is 5.37 Å². The lowest BCUT2D eigenvalue weighted by molar-refractivity contribution is -0.142. The molecule has 5 nitrogen and oxygen atoms in total. The van der Waals surface area contributed by atoms with Crippen LogP contribution in [0.3, 0.4) is 0 Å². The minimum absolute atomic E-state index is 0.115. The molecule has 0 aromatic heterocycles. The molecule has 19 heavy (non-hydrogen) atoms. The highest BCUT2D eigenvalue weighted by Gasteiger charge is 2.43. The summed E-state index contributed by atoms with van der Waals surface area (Å²) in [7, 11) is 0. The summed E-state index contributed by atoms with van der Waals surface area (Å²) in [5.74, 6) is -0.147. The number of carbonyl (C=O) groups is 2. The number of rotatable bonds is 3. The van der Waals surface area contributed by atoms with Crippen LogP contribution in [0.1, 0.15) is 41.0 Å². The average molecular weight is 289 g/mol. The Bertz CT molecular complexity index is 351. The van der Waals surface area contributed by atoms with Gasteiger partial charge >= 0.3 is 12.1 Å². The minimum atomic E-state index is -0.968. The number of carboxylic acids is 1. The second-order valence-electron chi connectivity index (χ2n) is 6.16. The molecule has 1 aliphatic rings. The van der Waals surface area contributed by atoms with E-state index in [9.17, 15) is 14.7 Å². The van der Waals surface area contributed by atoms with Crippen LogP contribution in [-0.2, 0) is 9.53 Å². The third kappa shape index (κ3) is 4.60. The van der Waals surface area contributed by atoms with Crippen molar-refractivity contribution in [1.82, 2.24) is 4.90 Å². The van der Waals surface area contributed by atoms with E-state index in [4.69, 9.17) is 4.74 Å². The quantitative estimate of drug-likeness (QED) is 0.865. The van der Waals surface area contributed by atoms with Crippen molar-refractivity contribution in [3.8, 4) is 0 Å². The fraction of sp³-hybridized carbons (Fsp3) is 0.846. The van der Waals surface area contributed by atoms with E-state index in [1.807, 2.05) is 0 Å². The molecule has 0 radical (unpaired) electrons. The van der Waals surface area contributed by atoms with E-state index < -0.39 is 23.7 Å². The lowest BCUT2D eigenvalue weighted by Crippen LogP contribution is -2.48. The number of ether oxygens (including phenoxy) is 1. The average Bonchev–Trinajstić information content (AvgIpc) is 2.57. The maximum atomic E-state index is 12.2. The van der Waals surface area contributed by atoms with Crippen molar-refractivity contribution in [2.75, 3.05) is 5.75 Å². The third-order valence-corrected chi connectivity index (χ3v) is 3.97. The van der Waals surface area contributed by atoms with Gasteiger partial charge in [0.05, 0.1) is 5.37 Å². The number of hydrogen-bond donors (Lipinski definition) is 1. The van der Waals surface area contributed by atoms with Crippen molar-refractivity contribution in [1.29, 1.82) is 0 Å². The van der Waals surface area contributed by atoms with E-state index in [0.717, 1.165) is 6.42 Å². The Morgan fingerprint density at radius 1 is 1.42 bits per heavy atom. The Balaban J connectivity index is 2.86. The number of carboxylic acid groups (broad SMARTS) is 1. The van der Waals surface area contributed by atoms with Gasteiger partial charge in [-0.1, -0.05) is 13.8 Å². The highest BCUT2D eigenvalue weighted by Crippen LogP contribution is 2.34. The molecule has 0 aliphatic carbocycles. The molecular formula is C13H23NO4S. The molecule has 1 heterocycles. The zero-order valence-corrected chi connectivity index (χ0v) is 13.0. The molecule has 2 atom stereocenters. The van der Waals surface area contributed by atoms with Gasteiger partial charge in [0.15, 0.2) is 0 Å². The first-order valence-electron chi connectivity index (χ1n) is 6.47. The SMILES string of the molecule is CC(C)CC1SCC(C(=O)O)N1C(=O)OC(C)(C)C. The molecule has 0 spiro atoms. The van der Waals surface area contributed by atoms with Gasteiger partial charge in [0.25, 0.3) is 0 Å². The monoisotopic (exact) mass is 289 g/mol. The highest BCUT2D eigenvalue weighted by atomic mass is 32.2. The first-order valence-corrected chi connectivity index (χ1v) is 7.52. The Morgan fingerprint density at radius 3 is 2.42 bits per heavy atom. The van der Waals surface area contributed by atoms with Gasteiger partial charge in [-0.05, 0) is 33.1 Å². The molecule has 6 heteroatoms. The van der Waals surface area contributed by atoms with E-state index in [0.29, 0.717) is 11.7 Å². The topological polar surface area (TPSA) is 66.8 Å². The molecule has 1 fully saturated rings. The highest BCUT2D eigenvalue weighted by molar-refractivity contribution is 8.00. The molecule has 1 amide bonds. The van der Waals surface area contributed by atoms with Crippen LogP contribution in [0.25, 0.3) is 0 Å². The van der Waals surface area contributed by atoms with Gasteiger partial charge in [0, 0.05) is 5.75 Å². The minimum Gasteiger partial charge on any atom is -0.480 e. The fourth-order valence-electron chi connectivity index (χ4n) is 1.90. The summed E-state index contributed by atoms with van der Waals surface area (Å²) >= 11 is 1.51. The molecule has 110 valence electrons. The molecule has 0 saturated carbocycles. The van der Waals surface area contributed by atoms with Crippen LogP contribution >= 0.6 is 11.8 Å². The summed E-state index contributed by atoms with van der Waals surface area (Å²) in [5, 5.41) is 9.11. The zero-order valence-electron chi connectivity index (χ0n) is 12.2. The summed E-state index contributed by atoms with van der Waals surface area (Å²) in [4.78, 5) is 24.8. The molecule has 2 unspecified atom stereocenters. The summed E-state index contributed by atoms with van der Waals surface area (Å²) in [5.41, 5.74) is -0.615. The van der Waals surface area contributed by atoms with Crippen LogP contribution in [0.2, 0.25) is 0 Å². The van der Waals surface area contributed by atoms with Crippen LogP contribution in [0.15, 0.2) is 0 Å². The van der Waals surface area contributed by atoms with Gasteiger partial charge < -0.3 is 9.84 Å². The van der Waals surface area contributed by atoms with Crippen LogP contribution in [0.5, 0.6) is 0 Å². The number of amides is 1. The van der Waals surface area contributed by atoms with Gasteiger partial charge in [-0.15, -0.1) is 11.8 Å². The van der Waals surface area contributed by atoms with E-state index in [2.05, 4.69) is 13.8 Å². The van der Waals surface area contributed by atoms with E-state index >= 15 is 0 Å². The van der Waals surface area contributed by atoms with E-state index in [1.54, 1.807) is 20.8 Å². The lowest BCUT2D eigenvalue weighted by Gasteiger charge is -2.31. The Labute approximate surface area is 118 Å². The zero-order chi connectivity index (χ0) is 14.8. The number of aliphatic carboxylic acids is 1. The van der Waals surface area contributed by atoms with Gasteiger partial charge in [0.1, 0.15) is 11.6 Å². The van der Waals surface area contributed by atoms with Gasteiger partial charge in [-0.2, -0.15) is 0 Å². The normalized spacial score (nSPS) is 23.8. The van der Waals surface area contributed by atoms with Crippen molar-refractivity contribution in [2.24, 2.45) is 5.92 Å². The van der Waals surface area contributed by atoms with Crippen LogP contribution in [0.4, 0.5) is 4.79 Å². The molecule has 1 rings (SSSR count). The molecule has 0 aromatic carbocycles. The molecule has 0 aromatic rings. The summed E-state index contributed by atoms with van der Waals surface area (Å²) in [6.07, 6.45) is 0.240. The van der Waals surface area contributed by atoms with Gasteiger partial charge in [-0.25, -0.2) is 9.59 Å². The largest absolute Gasteiger partial charge is 0.480 e. The Morgan fingerprint density at radius 2 is 2.00 bits per heavy atom. The second kappa shape index (κ2) is 6.03. The van der Waals surface area contributed by atoms with Crippen LogP contribution < -0.4 is 0 Å². The molecule has 1 aliphatic heterocycles. The maximum Gasteiger partial charge on any atom is 0.411 e. The Hall–Kier alpha value is -0.910. The number of nitrogens with zero attached hydrogens (tertiary/aromatic N) is 1. The number of carbonyl (C=O) groups excluding carboxylic acids is 1. The molecule has 0 bridgehead atoms. The summed E-state index contributed by atoms with van der Waals surface area (Å²) in [6, 6.07) is -0.788. The summed E-state index contributed by atoms with van der Waals surface area (Å²) in [6.45, 7) is 9.45. The van der Waals surface area contributed by atoms with Crippen molar-refractivity contribution in [2.45, 2.75) is 58.1 Å². The predicted octanol–water partition coefficient (Wildman–Crippen LogP) is 2.80. The standard InChI is InChI=1S/C13H23NO4S/c1-8(2)6-10-14(9(7-19-10)11(15)16)12(17)18-13(3,4)5/h8-10H,6-7H2,1-5H3,(H,15,16). The van der Waals surface area contributed by atoms with Gasteiger partial charge in [0.2, 0.25) is 0 Å². The second-order valence-corrected chi connectivity index (χ2v) is 7.37. The van der Waals surface area contributed by atoms with Crippen molar-refractivity contribution < 1.29 is 19.4 Å². The van der Waals surface area contributed by atoms with Crippen molar-refractivity contribution in [3.63, 3.8) is 0 Å². The van der Waals surface area contributed by atoms with E-state index in [1.165, 1.54) is 16.7 Å². The smallest absolute Gasteiger partial charge is 0.411 e. The predicted molar refractivity (Wildman–Crippen MR) is 75.2 cm³/mol. The summed E-state index contributed by atoms with van der Waals surface area (Å²) < 4.78 is 5.32. The van der Waals surface area contributed by atoms with Crippen molar-refractivity contribution >= 4 is 23.8 Å². The number of hydrogen-bond acceptors (Lipinski definition) is 4. The van der Waals surface area contributed by atoms with Crippen LogP contribution in [-0.4, -0.2) is 44.8 Å². The number of thioether (sulfide) groups is 1. The van der Waals surface area contributed by atoms with Crippen molar-refractivity contribution in [3.05, 3.63) is 0 Å². The fourth-order valence-corrected chi connectivity index (χ4v) is 3.52. The molecular weight excluding hydrogens is 266 g/mol. The lowest BCUT2D eigenvalue weighted by atomic mass is 10.1. The molecule has 1 N–H and O–H groups in total.